The zero-order valence-corrected chi connectivity index (χ0v) is 14.7. The SMILES string of the molecule is C/N=C(\SC)N1[C@@H](c2cc(-c3csc(Cl)c3)on2)C[C@H]2C[C@H]21. The number of hydrogen-bond acceptors (Lipinski definition) is 5. The van der Waals surface area contributed by atoms with E-state index in [9.17, 15) is 0 Å². The third kappa shape index (κ3) is 2.37. The van der Waals surface area contributed by atoms with Gasteiger partial charge in [0.2, 0.25) is 0 Å². The maximum atomic E-state index is 6.00. The minimum absolute atomic E-state index is 0.279. The summed E-state index contributed by atoms with van der Waals surface area (Å²) in [4.78, 5) is 6.87. The number of aromatic nitrogens is 1. The number of fused-ring (bicyclic) bond motifs is 1. The van der Waals surface area contributed by atoms with E-state index in [0.717, 1.165) is 38.9 Å². The van der Waals surface area contributed by atoms with E-state index < -0.39 is 0 Å². The average molecular weight is 354 g/mol. The number of amidine groups is 1. The first kappa shape index (κ1) is 14.6. The third-order valence-corrected chi connectivity index (χ3v) is 6.27. The number of nitrogens with zero attached hydrogens (tertiary/aromatic N) is 3. The number of aliphatic imine (C=N–C) groups is 1. The van der Waals surface area contributed by atoms with Crippen LogP contribution < -0.4 is 0 Å². The van der Waals surface area contributed by atoms with Gasteiger partial charge in [-0.05, 0) is 31.1 Å². The van der Waals surface area contributed by atoms with E-state index in [2.05, 4.69) is 27.4 Å². The highest BCUT2D eigenvalue weighted by Crippen LogP contribution is 2.54. The number of likely N-dealkylation sites (tertiary alicyclic amines) is 1. The van der Waals surface area contributed by atoms with Crippen molar-refractivity contribution in [3.63, 3.8) is 0 Å². The highest BCUT2D eigenvalue weighted by atomic mass is 35.5. The smallest absolute Gasteiger partial charge is 0.168 e. The number of thioether (sulfide) groups is 1. The largest absolute Gasteiger partial charge is 0.356 e. The molecule has 4 nitrogen and oxygen atoms in total. The van der Waals surface area contributed by atoms with Gasteiger partial charge in [-0.1, -0.05) is 28.5 Å². The van der Waals surface area contributed by atoms with Crippen molar-refractivity contribution in [3.05, 3.63) is 27.5 Å². The summed E-state index contributed by atoms with van der Waals surface area (Å²) in [5.41, 5.74) is 2.00. The molecule has 2 aromatic rings. The summed E-state index contributed by atoms with van der Waals surface area (Å²) in [6, 6.07) is 4.88. The molecule has 0 N–H and O–H groups in total. The zero-order valence-electron chi connectivity index (χ0n) is 12.3. The van der Waals surface area contributed by atoms with Crippen LogP contribution in [-0.2, 0) is 0 Å². The number of piperidine rings is 1. The highest BCUT2D eigenvalue weighted by molar-refractivity contribution is 8.13. The lowest BCUT2D eigenvalue weighted by atomic mass is 10.1. The Morgan fingerprint density at radius 1 is 1.50 bits per heavy atom. The summed E-state index contributed by atoms with van der Waals surface area (Å²) < 4.78 is 6.31. The predicted octanol–water partition coefficient (Wildman–Crippen LogP) is 4.54. The van der Waals surface area contributed by atoms with Crippen LogP contribution in [0.15, 0.2) is 27.0 Å². The monoisotopic (exact) mass is 353 g/mol. The fourth-order valence-electron chi connectivity index (χ4n) is 3.33. The molecule has 1 aliphatic carbocycles. The fraction of sp³-hybridized carbons (Fsp3) is 0.467. The molecule has 116 valence electrons. The minimum atomic E-state index is 0.279. The molecule has 1 aliphatic heterocycles. The van der Waals surface area contributed by atoms with Crippen LogP contribution in [0, 0.1) is 5.92 Å². The maximum absolute atomic E-state index is 6.00. The Bertz CT molecular complexity index is 726. The van der Waals surface area contributed by atoms with Crippen molar-refractivity contribution >= 4 is 39.9 Å². The van der Waals surface area contributed by atoms with E-state index in [1.165, 1.54) is 17.8 Å². The molecule has 0 aromatic carbocycles. The first-order chi connectivity index (χ1) is 10.7. The van der Waals surface area contributed by atoms with Crippen LogP contribution in [0.2, 0.25) is 4.34 Å². The molecule has 4 rings (SSSR count). The summed E-state index contributed by atoms with van der Waals surface area (Å²) in [5.74, 6) is 1.57. The Morgan fingerprint density at radius 2 is 2.36 bits per heavy atom. The second-order valence-corrected chi connectivity index (χ2v) is 8.00. The van der Waals surface area contributed by atoms with Crippen molar-refractivity contribution in [2.45, 2.75) is 24.9 Å². The van der Waals surface area contributed by atoms with Gasteiger partial charge in [0.05, 0.1) is 10.4 Å². The summed E-state index contributed by atoms with van der Waals surface area (Å²) >= 11 is 9.21. The molecule has 2 fully saturated rings. The van der Waals surface area contributed by atoms with E-state index in [0.29, 0.717) is 6.04 Å². The summed E-state index contributed by atoms with van der Waals surface area (Å²) in [5, 5.41) is 7.41. The quantitative estimate of drug-likeness (QED) is 0.587. The summed E-state index contributed by atoms with van der Waals surface area (Å²) in [6.45, 7) is 0. The lowest BCUT2D eigenvalue weighted by molar-refractivity contribution is 0.327. The molecule has 0 radical (unpaired) electrons. The lowest BCUT2D eigenvalue weighted by Crippen LogP contribution is -2.31. The number of rotatable bonds is 2. The Morgan fingerprint density at radius 3 is 3.05 bits per heavy atom. The Labute approximate surface area is 142 Å². The second-order valence-electron chi connectivity index (χ2n) is 5.69. The average Bonchev–Trinajstić information content (AvgIpc) is 2.90. The van der Waals surface area contributed by atoms with Crippen molar-refractivity contribution in [2.75, 3.05) is 13.3 Å². The standard InChI is InChI=1S/C15H16ClN3OS2/c1-17-15(21-2)19-11-3-8(11)4-12(19)10-6-13(20-18-10)9-5-14(16)22-7-9/h5-8,11-12H,3-4H2,1-2H3/b17-15-/t8-,11-,12-/m1/s1. The van der Waals surface area contributed by atoms with Crippen molar-refractivity contribution in [1.29, 1.82) is 0 Å². The van der Waals surface area contributed by atoms with E-state index >= 15 is 0 Å². The molecule has 3 heterocycles. The van der Waals surface area contributed by atoms with Gasteiger partial charge in [-0.15, -0.1) is 11.3 Å². The van der Waals surface area contributed by atoms with Gasteiger partial charge in [0, 0.05) is 30.1 Å². The van der Waals surface area contributed by atoms with Crippen molar-refractivity contribution in [2.24, 2.45) is 10.9 Å². The van der Waals surface area contributed by atoms with Gasteiger partial charge in [-0.25, -0.2) is 0 Å². The Balaban J connectivity index is 1.63. The molecular formula is C15H16ClN3OS2. The first-order valence-electron chi connectivity index (χ1n) is 7.21. The molecule has 2 aliphatic rings. The molecule has 1 saturated carbocycles. The molecule has 0 unspecified atom stereocenters. The van der Waals surface area contributed by atoms with Crippen molar-refractivity contribution < 1.29 is 4.52 Å². The van der Waals surface area contributed by atoms with Crippen LogP contribution >= 0.6 is 34.7 Å². The minimum Gasteiger partial charge on any atom is -0.356 e. The van der Waals surface area contributed by atoms with Crippen molar-refractivity contribution in [3.8, 4) is 11.3 Å². The summed E-state index contributed by atoms with van der Waals surface area (Å²) in [6.07, 6.45) is 4.50. The molecule has 0 amide bonds. The van der Waals surface area contributed by atoms with Crippen LogP contribution in [0.25, 0.3) is 11.3 Å². The number of hydrogen-bond donors (Lipinski definition) is 0. The first-order valence-corrected chi connectivity index (χ1v) is 9.69. The Kier molecular flexibility index (Phi) is 3.71. The molecule has 2 aromatic heterocycles. The molecule has 7 heteroatoms. The van der Waals surface area contributed by atoms with E-state index in [4.69, 9.17) is 16.1 Å². The van der Waals surface area contributed by atoms with Crippen molar-refractivity contribution in [1.82, 2.24) is 10.1 Å². The van der Waals surface area contributed by atoms with Gasteiger partial charge in [-0.3, -0.25) is 4.99 Å². The third-order valence-electron chi connectivity index (χ3n) is 4.42. The van der Waals surface area contributed by atoms with E-state index in [1.807, 2.05) is 18.5 Å². The van der Waals surface area contributed by atoms with Gasteiger partial charge >= 0.3 is 0 Å². The topological polar surface area (TPSA) is 41.6 Å². The number of thiophene rings is 1. The van der Waals surface area contributed by atoms with Crippen LogP contribution in [0.4, 0.5) is 0 Å². The highest BCUT2D eigenvalue weighted by Gasteiger charge is 2.54. The van der Waals surface area contributed by atoms with E-state index in [1.54, 1.807) is 11.8 Å². The van der Waals surface area contributed by atoms with Crippen LogP contribution in [0.5, 0.6) is 0 Å². The fourth-order valence-corrected chi connectivity index (χ4v) is 4.85. The number of halogens is 1. The predicted molar refractivity (Wildman–Crippen MR) is 92.8 cm³/mol. The molecule has 22 heavy (non-hydrogen) atoms. The zero-order chi connectivity index (χ0) is 15.3. The van der Waals surface area contributed by atoms with Crippen LogP contribution in [-0.4, -0.2) is 34.6 Å². The van der Waals surface area contributed by atoms with Gasteiger partial charge in [0.15, 0.2) is 10.9 Å². The van der Waals surface area contributed by atoms with Crippen LogP contribution in [0.1, 0.15) is 24.6 Å². The molecule has 1 saturated heterocycles. The van der Waals surface area contributed by atoms with Gasteiger partial charge in [-0.2, -0.15) is 0 Å². The molecule has 3 atom stereocenters. The van der Waals surface area contributed by atoms with E-state index in [-0.39, 0.29) is 6.04 Å². The second kappa shape index (κ2) is 5.58. The molecule has 0 bridgehead atoms. The van der Waals surface area contributed by atoms with Gasteiger partial charge in [0.1, 0.15) is 5.69 Å². The maximum Gasteiger partial charge on any atom is 0.168 e. The molecule has 0 spiro atoms. The molecular weight excluding hydrogens is 338 g/mol. The van der Waals surface area contributed by atoms with Gasteiger partial charge in [0.25, 0.3) is 0 Å². The Hall–Kier alpha value is -0.980. The lowest BCUT2D eigenvalue weighted by Gasteiger charge is -2.28. The van der Waals surface area contributed by atoms with Crippen LogP contribution in [0.3, 0.4) is 0 Å². The van der Waals surface area contributed by atoms with Gasteiger partial charge < -0.3 is 9.42 Å². The normalized spacial score (nSPS) is 27.3. The summed E-state index contributed by atoms with van der Waals surface area (Å²) in [7, 11) is 1.86.